The van der Waals surface area contributed by atoms with Crippen molar-refractivity contribution in [2.75, 3.05) is 18.9 Å². The smallest absolute Gasteiger partial charge is 0.434 e. The van der Waals surface area contributed by atoms with Crippen LogP contribution in [0.15, 0.2) is 18.5 Å². The number of ether oxygens (including phenoxy) is 3. The number of rotatable bonds is 7. The number of nitrogens with two attached hydrogens (primary N) is 1. The third kappa shape index (κ3) is 4.14. The van der Waals surface area contributed by atoms with E-state index in [0.717, 1.165) is 12.8 Å². The maximum atomic E-state index is 11.9. The van der Waals surface area contributed by atoms with E-state index in [-0.39, 0.29) is 24.9 Å². The average molecular weight is 408 g/mol. The molecule has 0 saturated carbocycles. The van der Waals surface area contributed by atoms with Gasteiger partial charge in [-0.15, -0.1) is 0 Å². The van der Waals surface area contributed by atoms with E-state index in [4.69, 9.17) is 19.9 Å². The molecule has 3 rings (SSSR count). The molecule has 3 heterocycles. The van der Waals surface area contributed by atoms with Gasteiger partial charge in [-0.1, -0.05) is 26.7 Å². The van der Waals surface area contributed by atoms with E-state index in [9.17, 15) is 15.0 Å². The van der Waals surface area contributed by atoms with Crippen LogP contribution in [0.5, 0.6) is 0 Å². The summed E-state index contributed by atoms with van der Waals surface area (Å²) in [7, 11) is 0. The Balaban J connectivity index is 1.68. The first-order valence-corrected chi connectivity index (χ1v) is 9.72. The molecule has 4 atom stereocenters. The van der Waals surface area contributed by atoms with Crippen molar-refractivity contribution in [3.05, 3.63) is 24.2 Å². The highest BCUT2D eigenvalue weighted by Gasteiger charge is 2.53. The Morgan fingerprint density at radius 2 is 2.07 bits per heavy atom. The van der Waals surface area contributed by atoms with E-state index in [1.807, 2.05) is 13.8 Å². The zero-order chi connectivity index (χ0) is 21.2. The van der Waals surface area contributed by atoms with E-state index in [1.165, 1.54) is 10.8 Å². The van der Waals surface area contributed by atoms with Gasteiger partial charge in [0.15, 0.2) is 5.82 Å². The third-order valence-corrected chi connectivity index (χ3v) is 5.53. The third-order valence-electron chi connectivity index (χ3n) is 5.53. The van der Waals surface area contributed by atoms with Gasteiger partial charge in [-0.25, -0.2) is 14.3 Å². The molecule has 0 spiro atoms. The van der Waals surface area contributed by atoms with Crippen LogP contribution in [0.3, 0.4) is 0 Å². The van der Waals surface area contributed by atoms with Gasteiger partial charge in [-0.05, 0) is 25.0 Å². The highest BCUT2D eigenvalue weighted by atomic mass is 16.7. The number of nitrogens with zero attached hydrogens (tertiary/aromatic N) is 3. The normalized spacial score (nSPS) is 26.9. The first-order valence-electron chi connectivity index (χ1n) is 9.72. The monoisotopic (exact) mass is 408 g/mol. The second-order valence-electron chi connectivity index (χ2n) is 7.52. The van der Waals surface area contributed by atoms with Crippen molar-refractivity contribution in [1.82, 2.24) is 14.6 Å². The highest BCUT2D eigenvalue weighted by Crippen LogP contribution is 2.40. The number of carbonyl (C=O) groups excluding carboxylic acids is 1. The van der Waals surface area contributed by atoms with Gasteiger partial charge in [0.25, 0.3) is 0 Å². The average Bonchev–Trinajstić information content (AvgIpc) is 3.23. The Hall–Kier alpha value is -2.43. The molecule has 10 heteroatoms. The van der Waals surface area contributed by atoms with Crippen molar-refractivity contribution in [2.24, 2.45) is 5.92 Å². The number of aromatic nitrogens is 3. The van der Waals surface area contributed by atoms with Gasteiger partial charge in [-0.3, -0.25) is 0 Å². The molecule has 1 saturated heterocycles. The number of anilines is 1. The van der Waals surface area contributed by atoms with Crippen LogP contribution in [0.1, 0.15) is 45.4 Å². The minimum absolute atomic E-state index is 0.272. The van der Waals surface area contributed by atoms with Gasteiger partial charge in [0.2, 0.25) is 0 Å². The summed E-state index contributed by atoms with van der Waals surface area (Å²) in [5, 5.41) is 25.2. The minimum atomic E-state index is -1.32. The van der Waals surface area contributed by atoms with Crippen molar-refractivity contribution in [1.29, 1.82) is 0 Å². The summed E-state index contributed by atoms with van der Waals surface area (Å²) < 4.78 is 17.7. The van der Waals surface area contributed by atoms with Gasteiger partial charge in [0.1, 0.15) is 42.4 Å². The van der Waals surface area contributed by atoms with Crippen LogP contribution in [-0.4, -0.2) is 62.0 Å². The molecule has 0 amide bonds. The van der Waals surface area contributed by atoms with Crippen LogP contribution in [-0.2, 0) is 14.2 Å². The summed E-state index contributed by atoms with van der Waals surface area (Å²) in [4.78, 5) is 15.8. The lowest BCUT2D eigenvalue weighted by molar-refractivity contribution is -0.110. The second kappa shape index (κ2) is 8.52. The molecule has 1 aliphatic rings. The van der Waals surface area contributed by atoms with E-state index in [2.05, 4.69) is 10.1 Å². The lowest BCUT2D eigenvalue weighted by Crippen LogP contribution is -2.44. The first-order chi connectivity index (χ1) is 13.8. The maximum Gasteiger partial charge on any atom is 0.508 e. The zero-order valence-electron chi connectivity index (χ0n) is 16.8. The van der Waals surface area contributed by atoms with Crippen LogP contribution in [0.2, 0.25) is 0 Å². The van der Waals surface area contributed by atoms with Crippen LogP contribution in [0.4, 0.5) is 10.6 Å². The van der Waals surface area contributed by atoms with Crippen molar-refractivity contribution < 1.29 is 29.2 Å². The molecule has 4 N–H and O–H groups in total. The molecule has 10 nitrogen and oxygen atoms in total. The zero-order valence-corrected chi connectivity index (χ0v) is 16.8. The van der Waals surface area contributed by atoms with E-state index in [1.54, 1.807) is 19.1 Å². The van der Waals surface area contributed by atoms with Crippen molar-refractivity contribution >= 4 is 17.5 Å². The van der Waals surface area contributed by atoms with Gasteiger partial charge >= 0.3 is 6.16 Å². The number of nitrogen functional groups attached to an aromatic ring is 1. The molecule has 0 radical (unpaired) electrons. The summed E-state index contributed by atoms with van der Waals surface area (Å²) in [6, 6.07) is 3.39. The molecule has 2 aromatic rings. The molecule has 0 unspecified atom stereocenters. The summed E-state index contributed by atoms with van der Waals surface area (Å²) in [5.74, 6) is 0.556. The van der Waals surface area contributed by atoms with E-state index < -0.39 is 30.1 Å². The summed E-state index contributed by atoms with van der Waals surface area (Å²) >= 11 is 0. The number of fused-ring (bicyclic) bond motifs is 1. The predicted molar refractivity (Wildman–Crippen MR) is 103 cm³/mol. The lowest BCUT2D eigenvalue weighted by atomic mass is 9.97. The van der Waals surface area contributed by atoms with Crippen molar-refractivity contribution in [2.45, 2.75) is 57.5 Å². The summed E-state index contributed by atoms with van der Waals surface area (Å²) in [6.07, 6.45) is -1.17. The topological polar surface area (TPSA) is 141 Å². The molecule has 0 aromatic carbocycles. The van der Waals surface area contributed by atoms with Crippen molar-refractivity contribution in [3.8, 4) is 0 Å². The van der Waals surface area contributed by atoms with Crippen LogP contribution < -0.4 is 5.73 Å². The Morgan fingerprint density at radius 3 is 2.76 bits per heavy atom. The van der Waals surface area contributed by atoms with Gasteiger partial charge in [0, 0.05) is 0 Å². The maximum absolute atomic E-state index is 11.9. The van der Waals surface area contributed by atoms with Gasteiger partial charge in [-0.2, -0.15) is 5.10 Å². The molecule has 2 aromatic heterocycles. The SMILES string of the molecule is CCC(CC)COC(=O)OC[C@@]1(C)O[C@@H](c2ccc3c(N)ncnn23)[C@H](O)[C@@H]1O. The van der Waals surface area contributed by atoms with Crippen LogP contribution >= 0.6 is 0 Å². The molecule has 0 bridgehead atoms. The number of aliphatic hydroxyl groups excluding tert-OH is 2. The summed E-state index contributed by atoms with van der Waals surface area (Å²) in [6.45, 7) is 5.61. The molecule has 1 fully saturated rings. The standard InChI is InChI=1S/C19H28N4O6/c1-4-11(5-2)8-27-18(26)28-9-19(3)16(25)14(24)15(29-19)12-6-7-13-17(20)21-10-22-23(12)13/h6-7,10-11,14-16,24-25H,4-5,8-9H2,1-3H3,(H2,20,21,22)/t14-,15-,16-,19+/m0/s1. The minimum Gasteiger partial charge on any atom is -0.434 e. The summed E-state index contributed by atoms with van der Waals surface area (Å²) in [5.41, 5.74) is 5.58. The largest absolute Gasteiger partial charge is 0.508 e. The highest BCUT2D eigenvalue weighted by molar-refractivity contribution is 5.65. The molecule has 0 aliphatic carbocycles. The fraction of sp³-hybridized carbons (Fsp3) is 0.632. The van der Waals surface area contributed by atoms with E-state index >= 15 is 0 Å². The molecular weight excluding hydrogens is 380 g/mol. The molecule has 1 aliphatic heterocycles. The molecule has 160 valence electrons. The fourth-order valence-corrected chi connectivity index (χ4v) is 3.45. The quantitative estimate of drug-likeness (QED) is 0.580. The number of aliphatic hydroxyl groups is 2. The molecular formula is C19H28N4O6. The lowest BCUT2D eigenvalue weighted by Gasteiger charge is -2.26. The Morgan fingerprint density at radius 1 is 1.34 bits per heavy atom. The Kier molecular flexibility index (Phi) is 6.25. The van der Waals surface area contributed by atoms with Gasteiger partial charge < -0.3 is 30.2 Å². The number of carbonyl (C=O) groups is 1. The van der Waals surface area contributed by atoms with Crippen molar-refractivity contribution in [3.63, 3.8) is 0 Å². The Labute approximate surface area is 168 Å². The van der Waals surface area contributed by atoms with Gasteiger partial charge in [0.05, 0.1) is 12.3 Å². The second-order valence-corrected chi connectivity index (χ2v) is 7.52. The van der Waals surface area contributed by atoms with E-state index in [0.29, 0.717) is 11.2 Å². The first kappa shape index (κ1) is 21.3. The number of hydrogen-bond donors (Lipinski definition) is 3. The molecule has 29 heavy (non-hydrogen) atoms. The predicted octanol–water partition coefficient (Wildman–Crippen LogP) is 1.45. The van der Waals surface area contributed by atoms with Crippen LogP contribution in [0, 0.1) is 5.92 Å². The van der Waals surface area contributed by atoms with Crippen LogP contribution in [0.25, 0.3) is 5.52 Å². The number of hydrogen-bond acceptors (Lipinski definition) is 9. The fourth-order valence-electron chi connectivity index (χ4n) is 3.45. The Bertz CT molecular complexity index is 854.